The highest BCUT2D eigenvalue weighted by atomic mass is 15.3. The summed E-state index contributed by atoms with van der Waals surface area (Å²) in [5.74, 6) is 0. The van der Waals surface area contributed by atoms with E-state index in [1.165, 1.54) is 27.4 Å². The largest absolute Gasteiger partial charge is 0.344 e. The van der Waals surface area contributed by atoms with E-state index in [1.807, 2.05) is 24.4 Å². The molecule has 1 N–H and O–H groups in total. The topological polar surface area (TPSA) is 29.3 Å². The zero-order chi connectivity index (χ0) is 16.5. The highest BCUT2D eigenvalue weighted by molar-refractivity contribution is 6.09. The van der Waals surface area contributed by atoms with Crippen molar-refractivity contribution in [1.29, 1.82) is 0 Å². The molecule has 118 valence electrons. The Balaban J connectivity index is 1.69. The molecule has 0 aliphatic rings. The second-order valence-corrected chi connectivity index (χ2v) is 6.04. The summed E-state index contributed by atoms with van der Waals surface area (Å²) in [6.45, 7) is 2.07. The van der Waals surface area contributed by atoms with E-state index in [4.69, 9.17) is 0 Å². The molecule has 3 nitrogen and oxygen atoms in total. The Morgan fingerprint density at radius 2 is 1.62 bits per heavy atom. The Hall–Kier alpha value is -3.07. The van der Waals surface area contributed by atoms with Gasteiger partial charge in [0, 0.05) is 28.9 Å². The Kier molecular flexibility index (Phi) is 3.54. The molecule has 0 aliphatic carbocycles. The summed E-state index contributed by atoms with van der Waals surface area (Å²) in [5.41, 5.74) is 8.89. The van der Waals surface area contributed by atoms with Crippen LogP contribution in [-0.4, -0.2) is 10.8 Å². The van der Waals surface area contributed by atoms with Crippen LogP contribution in [0.4, 0.5) is 5.69 Å². The van der Waals surface area contributed by atoms with Gasteiger partial charge in [-0.2, -0.15) is 5.10 Å². The van der Waals surface area contributed by atoms with E-state index in [1.54, 1.807) is 0 Å². The van der Waals surface area contributed by atoms with Crippen molar-refractivity contribution in [2.24, 2.45) is 12.1 Å². The van der Waals surface area contributed by atoms with Crippen LogP contribution in [0.2, 0.25) is 0 Å². The maximum absolute atomic E-state index is 4.38. The van der Waals surface area contributed by atoms with Crippen molar-refractivity contribution in [1.82, 2.24) is 4.57 Å². The van der Waals surface area contributed by atoms with E-state index in [-0.39, 0.29) is 0 Å². The molecule has 0 fully saturated rings. The molecule has 0 saturated carbocycles. The van der Waals surface area contributed by atoms with Gasteiger partial charge in [0.1, 0.15) is 0 Å². The summed E-state index contributed by atoms with van der Waals surface area (Å²) in [7, 11) is 2.11. The predicted octanol–water partition coefficient (Wildman–Crippen LogP) is 5.09. The third kappa shape index (κ3) is 2.44. The van der Waals surface area contributed by atoms with Gasteiger partial charge in [-0.05, 0) is 42.3 Å². The summed E-state index contributed by atoms with van der Waals surface area (Å²) in [5, 5.41) is 6.92. The first-order valence-electron chi connectivity index (χ1n) is 8.06. The van der Waals surface area contributed by atoms with Gasteiger partial charge in [-0.1, -0.05) is 42.5 Å². The lowest BCUT2D eigenvalue weighted by Crippen LogP contribution is -1.93. The third-order valence-electron chi connectivity index (χ3n) is 4.48. The standard InChI is InChI=1S/C21H19N3/c1-15-7-3-5-9-19(15)23-22-14-16-11-12-21-18(13-16)17-8-4-6-10-20(17)24(21)2/h3-14,23H,1-2H3/b22-14+. The van der Waals surface area contributed by atoms with Gasteiger partial charge in [-0.25, -0.2) is 0 Å². The van der Waals surface area contributed by atoms with Crippen LogP contribution in [0.3, 0.4) is 0 Å². The first-order chi connectivity index (χ1) is 11.7. The number of nitrogens with one attached hydrogen (secondary N) is 1. The van der Waals surface area contributed by atoms with Crippen molar-refractivity contribution in [3.63, 3.8) is 0 Å². The molecule has 0 bridgehead atoms. The number of anilines is 1. The van der Waals surface area contributed by atoms with Gasteiger partial charge in [-0.3, -0.25) is 5.43 Å². The van der Waals surface area contributed by atoms with Crippen molar-refractivity contribution in [3.05, 3.63) is 77.9 Å². The lowest BCUT2D eigenvalue weighted by atomic mass is 10.1. The van der Waals surface area contributed by atoms with Crippen LogP contribution in [0, 0.1) is 6.92 Å². The monoisotopic (exact) mass is 313 g/mol. The smallest absolute Gasteiger partial charge is 0.0590 e. The second-order valence-electron chi connectivity index (χ2n) is 6.04. The van der Waals surface area contributed by atoms with E-state index in [2.05, 4.69) is 77.6 Å². The number of fused-ring (bicyclic) bond motifs is 3. The number of hydrogen-bond acceptors (Lipinski definition) is 2. The minimum Gasteiger partial charge on any atom is -0.344 e. The van der Waals surface area contributed by atoms with E-state index in [0.717, 1.165) is 11.3 Å². The molecule has 0 saturated heterocycles. The van der Waals surface area contributed by atoms with Crippen LogP contribution in [0.25, 0.3) is 21.8 Å². The average molecular weight is 313 g/mol. The number of rotatable bonds is 3. The zero-order valence-electron chi connectivity index (χ0n) is 13.8. The van der Waals surface area contributed by atoms with E-state index >= 15 is 0 Å². The van der Waals surface area contributed by atoms with Crippen molar-refractivity contribution in [3.8, 4) is 0 Å². The number of benzene rings is 3. The van der Waals surface area contributed by atoms with Crippen LogP contribution >= 0.6 is 0 Å². The maximum atomic E-state index is 4.38. The summed E-state index contributed by atoms with van der Waals surface area (Å²) in [4.78, 5) is 0. The molecule has 0 amide bonds. The van der Waals surface area contributed by atoms with Crippen molar-refractivity contribution >= 4 is 33.7 Å². The molecule has 4 rings (SSSR count). The van der Waals surface area contributed by atoms with Crippen LogP contribution < -0.4 is 5.43 Å². The fourth-order valence-electron chi connectivity index (χ4n) is 3.14. The normalized spacial score (nSPS) is 11.6. The van der Waals surface area contributed by atoms with Crippen LogP contribution in [-0.2, 0) is 7.05 Å². The van der Waals surface area contributed by atoms with E-state index in [9.17, 15) is 0 Å². The SMILES string of the molecule is Cc1ccccc1N/N=C/c1ccc2c(c1)c1ccccc1n2C. The zero-order valence-corrected chi connectivity index (χ0v) is 13.8. The summed E-state index contributed by atoms with van der Waals surface area (Å²) >= 11 is 0. The molecular formula is C21H19N3. The van der Waals surface area contributed by atoms with Crippen LogP contribution in [0.1, 0.15) is 11.1 Å². The minimum absolute atomic E-state index is 1.03. The number of aryl methyl sites for hydroxylation is 2. The van der Waals surface area contributed by atoms with Gasteiger partial charge in [0.2, 0.25) is 0 Å². The predicted molar refractivity (Wildman–Crippen MR) is 103 cm³/mol. The number of aromatic nitrogens is 1. The second kappa shape index (κ2) is 5.85. The van der Waals surface area contributed by atoms with Gasteiger partial charge >= 0.3 is 0 Å². The summed E-state index contributed by atoms with van der Waals surface area (Å²) < 4.78 is 2.23. The highest BCUT2D eigenvalue weighted by Gasteiger charge is 2.07. The number of para-hydroxylation sites is 2. The first kappa shape index (κ1) is 14.5. The molecule has 4 aromatic rings. The average Bonchev–Trinajstić information content (AvgIpc) is 2.90. The molecule has 3 heteroatoms. The quantitative estimate of drug-likeness (QED) is 0.414. The van der Waals surface area contributed by atoms with Gasteiger partial charge in [0.25, 0.3) is 0 Å². The Labute approximate surface area is 141 Å². The lowest BCUT2D eigenvalue weighted by molar-refractivity contribution is 1.01. The minimum atomic E-state index is 1.03. The van der Waals surface area contributed by atoms with Crippen molar-refractivity contribution in [2.75, 3.05) is 5.43 Å². The number of hydrogen-bond donors (Lipinski definition) is 1. The Bertz CT molecular complexity index is 1060. The number of nitrogens with zero attached hydrogens (tertiary/aromatic N) is 2. The first-order valence-corrected chi connectivity index (χ1v) is 8.06. The molecule has 0 radical (unpaired) electrons. The van der Waals surface area contributed by atoms with E-state index < -0.39 is 0 Å². The molecule has 0 spiro atoms. The summed E-state index contributed by atoms with van der Waals surface area (Å²) in [6.07, 6.45) is 1.87. The Morgan fingerprint density at radius 1 is 0.875 bits per heavy atom. The third-order valence-corrected chi connectivity index (χ3v) is 4.48. The molecule has 24 heavy (non-hydrogen) atoms. The van der Waals surface area contributed by atoms with Crippen molar-refractivity contribution < 1.29 is 0 Å². The Morgan fingerprint density at radius 3 is 2.50 bits per heavy atom. The summed E-state index contributed by atoms with van der Waals surface area (Å²) in [6, 6.07) is 23.1. The molecule has 1 heterocycles. The molecule has 3 aromatic carbocycles. The maximum Gasteiger partial charge on any atom is 0.0590 e. The van der Waals surface area contributed by atoms with Crippen molar-refractivity contribution in [2.45, 2.75) is 6.92 Å². The van der Waals surface area contributed by atoms with Gasteiger partial charge in [-0.15, -0.1) is 0 Å². The van der Waals surface area contributed by atoms with E-state index in [0.29, 0.717) is 0 Å². The fourth-order valence-corrected chi connectivity index (χ4v) is 3.14. The molecule has 0 unspecified atom stereocenters. The van der Waals surface area contributed by atoms with Crippen LogP contribution in [0.15, 0.2) is 71.8 Å². The van der Waals surface area contributed by atoms with Crippen LogP contribution in [0.5, 0.6) is 0 Å². The fraction of sp³-hybridized carbons (Fsp3) is 0.0952. The molecule has 1 aromatic heterocycles. The molecule has 0 aliphatic heterocycles. The highest BCUT2D eigenvalue weighted by Crippen LogP contribution is 2.28. The molecule has 0 atom stereocenters. The van der Waals surface area contributed by atoms with Gasteiger partial charge in [0.15, 0.2) is 0 Å². The molecular weight excluding hydrogens is 294 g/mol. The lowest BCUT2D eigenvalue weighted by Gasteiger charge is -2.03. The van der Waals surface area contributed by atoms with Gasteiger partial charge in [0.05, 0.1) is 11.9 Å². The van der Waals surface area contributed by atoms with Gasteiger partial charge < -0.3 is 4.57 Å². The number of hydrazone groups is 1.